The smallest absolute Gasteiger partial charge is 0.290 e. The van der Waals surface area contributed by atoms with Gasteiger partial charge in [-0.2, -0.15) is 0 Å². The third kappa shape index (κ3) is 4.47. The van der Waals surface area contributed by atoms with E-state index in [4.69, 9.17) is 0 Å². The minimum atomic E-state index is -0.154. The van der Waals surface area contributed by atoms with E-state index in [0.29, 0.717) is 5.82 Å². The van der Waals surface area contributed by atoms with Gasteiger partial charge in [0.1, 0.15) is 0 Å². The zero-order valence-corrected chi connectivity index (χ0v) is 10.3. The van der Waals surface area contributed by atoms with E-state index in [2.05, 4.69) is 36.1 Å². The Morgan fingerprint density at radius 3 is 2.75 bits per heavy atom. The van der Waals surface area contributed by atoms with Crippen LogP contribution in [0.5, 0.6) is 0 Å². The Labute approximate surface area is 96.5 Å². The number of H-pyrrole nitrogens is 1. The van der Waals surface area contributed by atoms with E-state index in [1.807, 2.05) is 0 Å². The maximum atomic E-state index is 11.4. The van der Waals surface area contributed by atoms with Gasteiger partial charge in [-0.05, 0) is 19.3 Å². The summed E-state index contributed by atoms with van der Waals surface area (Å²) < 4.78 is 0. The molecule has 0 fully saturated rings. The van der Waals surface area contributed by atoms with Crippen LogP contribution in [0.3, 0.4) is 0 Å². The van der Waals surface area contributed by atoms with Crippen molar-refractivity contribution in [3.63, 3.8) is 0 Å². The number of aromatic amines is 1. The lowest BCUT2D eigenvalue weighted by atomic mass is 10.0. The molecule has 0 saturated carbocycles. The summed E-state index contributed by atoms with van der Waals surface area (Å²) in [5.74, 6) is 1.16. The van der Waals surface area contributed by atoms with Crippen LogP contribution in [0.15, 0.2) is 17.2 Å². The summed E-state index contributed by atoms with van der Waals surface area (Å²) in [6, 6.07) is 0.287. The molecule has 4 heteroatoms. The molecule has 0 aliphatic heterocycles. The van der Waals surface area contributed by atoms with Gasteiger partial charge in [0, 0.05) is 18.4 Å². The first-order chi connectivity index (χ1) is 7.59. The minimum Gasteiger partial charge on any atom is -0.363 e. The highest BCUT2D eigenvalue weighted by atomic mass is 16.1. The highest BCUT2D eigenvalue weighted by Gasteiger charge is 2.06. The molecule has 1 atom stereocenters. The van der Waals surface area contributed by atoms with Gasteiger partial charge in [-0.3, -0.25) is 4.79 Å². The van der Waals surface area contributed by atoms with Crippen molar-refractivity contribution in [2.45, 2.75) is 46.1 Å². The van der Waals surface area contributed by atoms with Crippen LogP contribution in [0, 0.1) is 5.92 Å². The Balaban J connectivity index is 2.37. The fraction of sp³-hybridized carbons (Fsp3) is 0.667. The molecule has 0 amide bonds. The van der Waals surface area contributed by atoms with Crippen LogP contribution in [0.2, 0.25) is 0 Å². The van der Waals surface area contributed by atoms with E-state index in [-0.39, 0.29) is 11.6 Å². The van der Waals surface area contributed by atoms with Gasteiger partial charge < -0.3 is 10.3 Å². The molecule has 1 aromatic rings. The molecule has 1 aromatic heterocycles. The van der Waals surface area contributed by atoms with E-state index in [0.717, 1.165) is 12.3 Å². The van der Waals surface area contributed by atoms with Gasteiger partial charge in [-0.1, -0.05) is 26.7 Å². The van der Waals surface area contributed by atoms with E-state index in [1.54, 1.807) is 6.20 Å². The molecule has 90 valence electrons. The van der Waals surface area contributed by atoms with E-state index in [1.165, 1.54) is 19.0 Å². The Hall–Kier alpha value is -1.32. The quantitative estimate of drug-likeness (QED) is 0.778. The topological polar surface area (TPSA) is 57.8 Å². The molecule has 1 unspecified atom stereocenters. The van der Waals surface area contributed by atoms with Crippen molar-refractivity contribution in [2.24, 2.45) is 5.92 Å². The summed E-state index contributed by atoms with van der Waals surface area (Å²) in [5, 5.41) is 3.13. The van der Waals surface area contributed by atoms with E-state index < -0.39 is 0 Å². The third-order valence-corrected chi connectivity index (χ3v) is 2.51. The predicted molar refractivity (Wildman–Crippen MR) is 66.6 cm³/mol. The van der Waals surface area contributed by atoms with Crippen molar-refractivity contribution in [3.8, 4) is 0 Å². The lowest BCUT2D eigenvalue weighted by Crippen LogP contribution is -2.22. The number of aromatic nitrogens is 2. The second-order valence-electron chi connectivity index (χ2n) is 4.64. The molecule has 0 aliphatic rings. The van der Waals surface area contributed by atoms with Crippen LogP contribution >= 0.6 is 0 Å². The Kier molecular flexibility index (Phi) is 5.02. The van der Waals surface area contributed by atoms with Gasteiger partial charge in [-0.15, -0.1) is 0 Å². The molecule has 0 aromatic carbocycles. The number of nitrogens with zero attached hydrogens (tertiary/aromatic N) is 1. The van der Waals surface area contributed by atoms with Crippen molar-refractivity contribution in [3.05, 3.63) is 22.7 Å². The van der Waals surface area contributed by atoms with Crippen LogP contribution < -0.4 is 10.9 Å². The van der Waals surface area contributed by atoms with Crippen LogP contribution in [0.1, 0.15) is 40.0 Å². The average molecular weight is 223 g/mol. The molecule has 0 aliphatic carbocycles. The molecule has 2 N–H and O–H groups in total. The molecule has 1 heterocycles. The standard InChI is InChI=1S/C12H21N3O/c1-9(2)5-4-6-10(3)15-11-12(16)14-8-7-13-11/h7-10H,4-6H2,1-3H3,(H,13,15)(H,14,16). The van der Waals surface area contributed by atoms with Crippen LogP contribution in [0.4, 0.5) is 5.82 Å². The van der Waals surface area contributed by atoms with Gasteiger partial charge >= 0.3 is 0 Å². The van der Waals surface area contributed by atoms with Gasteiger partial charge in [-0.25, -0.2) is 4.98 Å². The maximum Gasteiger partial charge on any atom is 0.290 e. The molecule has 4 nitrogen and oxygen atoms in total. The van der Waals surface area contributed by atoms with Crippen molar-refractivity contribution >= 4 is 5.82 Å². The molecular formula is C12H21N3O. The summed E-state index contributed by atoms with van der Waals surface area (Å²) in [6.45, 7) is 6.53. The summed E-state index contributed by atoms with van der Waals surface area (Å²) in [5.41, 5.74) is -0.154. The van der Waals surface area contributed by atoms with Crippen molar-refractivity contribution in [2.75, 3.05) is 5.32 Å². The van der Waals surface area contributed by atoms with Gasteiger partial charge in [0.2, 0.25) is 0 Å². The number of rotatable bonds is 6. The summed E-state index contributed by atoms with van der Waals surface area (Å²) in [7, 11) is 0. The third-order valence-electron chi connectivity index (χ3n) is 2.51. The second-order valence-corrected chi connectivity index (χ2v) is 4.64. The monoisotopic (exact) mass is 223 g/mol. The molecule has 0 saturated heterocycles. The number of hydrogen-bond acceptors (Lipinski definition) is 3. The predicted octanol–water partition coefficient (Wildman–Crippen LogP) is 2.40. The maximum absolute atomic E-state index is 11.4. The molecule has 0 bridgehead atoms. The Morgan fingerprint density at radius 2 is 2.12 bits per heavy atom. The fourth-order valence-corrected chi connectivity index (χ4v) is 1.59. The summed E-state index contributed by atoms with van der Waals surface area (Å²) in [6.07, 6.45) is 6.59. The highest BCUT2D eigenvalue weighted by molar-refractivity contribution is 5.31. The highest BCUT2D eigenvalue weighted by Crippen LogP contribution is 2.09. The largest absolute Gasteiger partial charge is 0.363 e. The second kappa shape index (κ2) is 6.30. The molecule has 16 heavy (non-hydrogen) atoms. The van der Waals surface area contributed by atoms with Crippen molar-refractivity contribution < 1.29 is 0 Å². The lowest BCUT2D eigenvalue weighted by molar-refractivity contribution is 0.520. The first-order valence-electron chi connectivity index (χ1n) is 5.90. The van der Waals surface area contributed by atoms with Gasteiger partial charge in [0.05, 0.1) is 0 Å². The molecule has 0 radical (unpaired) electrons. The molecule has 1 rings (SSSR count). The molecule has 0 spiro atoms. The number of nitrogens with one attached hydrogen (secondary N) is 2. The van der Waals surface area contributed by atoms with Crippen molar-refractivity contribution in [1.82, 2.24) is 9.97 Å². The Bertz CT molecular complexity index is 359. The fourth-order valence-electron chi connectivity index (χ4n) is 1.59. The van der Waals surface area contributed by atoms with Gasteiger partial charge in [0.25, 0.3) is 5.56 Å². The zero-order chi connectivity index (χ0) is 12.0. The first kappa shape index (κ1) is 12.7. The number of anilines is 1. The normalized spacial score (nSPS) is 12.8. The summed E-state index contributed by atoms with van der Waals surface area (Å²) >= 11 is 0. The van der Waals surface area contributed by atoms with Crippen LogP contribution in [-0.4, -0.2) is 16.0 Å². The first-order valence-corrected chi connectivity index (χ1v) is 5.90. The van der Waals surface area contributed by atoms with Crippen molar-refractivity contribution in [1.29, 1.82) is 0 Å². The SMILES string of the molecule is CC(C)CCCC(C)Nc1ncc[nH]c1=O. The van der Waals surface area contributed by atoms with Crippen LogP contribution in [-0.2, 0) is 0 Å². The minimum absolute atomic E-state index is 0.154. The van der Waals surface area contributed by atoms with E-state index in [9.17, 15) is 4.79 Å². The van der Waals surface area contributed by atoms with E-state index >= 15 is 0 Å². The van der Waals surface area contributed by atoms with Gasteiger partial charge in [0.15, 0.2) is 5.82 Å². The Morgan fingerprint density at radius 1 is 1.38 bits per heavy atom. The number of hydrogen-bond donors (Lipinski definition) is 2. The van der Waals surface area contributed by atoms with Crippen LogP contribution in [0.25, 0.3) is 0 Å². The molecular weight excluding hydrogens is 202 g/mol. The zero-order valence-electron chi connectivity index (χ0n) is 10.3. The summed E-state index contributed by atoms with van der Waals surface area (Å²) in [4.78, 5) is 18.0. The average Bonchev–Trinajstić information content (AvgIpc) is 2.21. The lowest BCUT2D eigenvalue weighted by Gasteiger charge is -2.14.